The van der Waals surface area contributed by atoms with Gasteiger partial charge in [-0.05, 0) is 36.2 Å². The minimum atomic E-state index is -0.715. The highest BCUT2D eigenvalue weighted by molar-refractivity contribution is 6.35. The van der Waals surface area contributed by atoms with Crippen LogP contribution >= 0.6 is 23.2 Å². The van der Waals surface area contributed by atoms with Gasteiger partial charge in [-0.25, -0.2) is 0 Å². The first-order valence-electron chi connectivity index (χ1n) is 9.87. The molecule has 30 heavy (non-hydrogen) atoms. The topological polar surface area (TPSA) is 74.0 Å². The van der Waals surface area contributed by atoms with Gasteiger partial charge in [0, 0.05) is 39.5 Å². The summed E-state index contributed by atoms with van der Waals surface area (Å²) in [6, 6.07) is 12.0. The molecular formula is C23H25Cl2N3O2. The van der Waals surface area contributed by atoms with Gasteiger partial charge in [0.1, 0.15) is 6.04 Å². The number of carbonyl (C=O) groups excluding carboxylic acids is 2. The van der Waals surface area contributed by atoms with Gasteiger partial charge in [0.25, 0.3) is 0 Å². The van der Waals surface area contributed by atoms with E-state index in [0.29, 0.717) is 16.5 Å². The highest BCUT2D eigenvalue weighted by Gasteiger charge is 2.25. The summed E-state index contributed by atoms with van der Waals surface area (Å²) in [5.41, 5.74) is 2.71. The normalized spacial score (nSPS) is 13.3. The molecule has 0 bridgehead atoms. The summed E-state index contributed by atoms with van der Waals surface area (Å²) in [7, 11) is 0. The van der Waals surface area contributed by atoms with Gasteiger partial charge in [-0.3, -0.25) is 9.59 Å². The Morgan fingerprint density at radius 1 is 1.00 bits per heavy atom. The molecule has 5 nitrogen and oxygen atoms in total. The van der Waals surface area contributed by atoms with Gasteiger partial charge >= 0.3 is 0 Å². The number of halogens is 2. The van der Waals surface area contributed by atoms with Gasteiger partial charge < -0.3 is 15.6 Å². The van der Waals surface area contributed by atoms with Crippen LogP contribution in [0.4, 0.5) is 0 Å². The Morgan fingerprint density at radius 3 is 2.43 bits per heavy atom. The molecule has 3 aromatic rings. The number of hydrogen-bond acceptors (Lipinski definition) is 2. The van der Waals surface area contributed by atoms with E-state index in [0.717, 1.165) is 22.0 Å². The van der Waals surface area contributed by atoms with Crippen molar-refractivity contribution in [3.63, 3.8) is 0 Å². The van der Waals surface area contributed by atoms with Gasteiger partial charge in [0.15, 0.2) is 0 Å². The van der Waals surface area contributed by atoms with Crippen molar-refractivity contribution in [1.82, 2.24) is 15.6 Å². The van der Waals surface area contributed by atoms with Crippen molar-refractivity contribution in [1.29, 1.82) is 0 Å². The summed E-state index contributed by atoms with van der Waals surface area (Å²) in [4.78, 5) is 28.7. The Hall–Kier alpha value is -2.50. The summed E-state index contributed by atoms with van der Waals surface area (Å²) in [6.07, 6.45) is 2.25. The van der Waals surface area contributed by atoms with Crippen molar-refractivity contribution in [3.8, 4) is 0 Å². The van der Waals surface area contributed by atoms with Crippen LogP contribution < -0.4 is 10.6 Å². The number of amides is 2. The first kappa shape index (κ1) is 22.2. The second kappa shape index (κ2) is 9.54. The first-order valence-corrected chi connectivity index (χ1v) is 10.6. The zero-order valence-corrected chi connectivity index (χ0v) is 18.6. The number of fused-ring (bicyclic) bond motifs is 1. The predicted molar refractivity (Wildman–Crippen MR) is 122 cm³/mol. The second-order valence-electron chi connectivity index (χ2n) is 7.68. The highest BCUT2D eigenvalue weighted by atomic mass is 35.5. The van der Waals surface area contributed by atoms with Crippen LogP contribution in [0.3, 0.4) is 0 Å². The Bertz CT molecular complexity index is 1060. The Morgan fingerprint density at radius 2 is 1.73 bits per heavy atom. The van der Waals surface area contributed by atoms with Crippen LogP contribution in [0.15, 0.2) is 48.7 Å². The molecule has 7 heteroatoms. The number of aromatic nitrogens is 1. The van der Waals surface area contributed by atoms with Crippen molar-refractivity contribution >= 4 is 45.9 Å². The number of H-pyrrole nitrogens is 1. The lowest BCUT2D eigenvalue weighted by atomic mass is 10.0. The van der Waals surface area contributed by atoms with Crippen LogP contribution in [0.1, 0.15) is 37.9 Å². The smallest absolute Gasteiger partial charge is 0.243 e. The summed E-state index contributed by atoms with van der Waals surface area (Å²) in [5, 5.41) is 7.89. The van der Waals surface area contributed by atoms with Gasteiger partial charge in [-0.1, -0.05) is 61.3 Å². The van der Waals surface area contributed by atoms with E-state index >= 15 is 0 Å². The van der Waals surface area contributed by atoms with Crippen molar-refractivity contribution in [2.24, 2.45) is 5.92 Å². The Labute approximate surface area is 186 Å². The van der Waals surface area contributed by atoms with Gasteiger partial charge in [0.2, 0.25) is 11.8 Å². The SMILES string of the molecule is CC(C)C(=O)NC(Cc1c[nH]c2ccccc12)C(=O)NC(C)c1ccc(Cl)cc1Cl. The monoisotopic (exact) mass is 445 g/mol. The molecule has 3 N–H and O–H groups in total. The van der Waals surface area contributed by atoms with E-state index < -0.39 is 6.04 Å². The zero-order valence-electron chi connectivity index (χ0n) is 17.1. The minimum Gasteiger partial charge on any atom is -0.361 e. The lowest BCUT2D eigenvalue weighted by molar-refractivity contribution is -0.130. The Balaban J connectivity index is 1.82. The maximum absolute atomic E-state index is 13.1. The number of benzene rings is 2. The molecule has 2 amide bonds. The van der Waals surface area contributed by atoms with E-state index in [-0.39, 0.29) is 23.8 Å². The number of para-hydroxylation sites is 1. The van der Waals surface area contributed by atoms with Crippen LogP contribution in [0, 0.1) is 5.92 Å². The molecule has 0 saturated carbocycles. The number of rotatable bonds is 7. The molecule has 0 fully saturated rings. The number of aromatic amines is 1. The van der Waals surface area contributed by atoms with Crippen LogP contribution in [-0.2, 0) is 16.0 Å². The molecule has 0 spiro atoms. The van der Waals surface area contributed by atoms with E-state index in [4.69, 9.17) is 23.2 Å². The van der Waals surface area contributed by atoms with Crippen molar-refractivity contribution < 1.29 is 9.59 Å². The third-order valence-electron chi connectivity index (χ3n) is 5.04. The molecule has 0 aliphatic carbocycles. The highest BCUT2D eigenvalue weighted by Crippen LogP contribution is 2.26. The maximum Gasteiger partial charge on any atom is 0.243 e. The van der Waals surface area contributed by atoms with Crippen LogP contribution in [0.25, 0.3) is 10.9 Å². The standard InChI is InChI=1S/C23H25Cl2N3O2/c1-13(2)22(29)28-21(10-15-12-26-20-7-5-4-6-18(15)20)23(30)27-14(3)17-9-8-16(24)11-19(17)25/h4-9,11-14,21,26H,10H2,1-3H3,(H,27,30)(H,28,29). The summed E-state index contributed by atoms with van der Waals surface area (Å²) in [6.45, 7) is 5.44. The van der Waals surface area contributed by atoms with Crippen LogP contribution in [0.2, 0.25) is 10.0 Å². The predicted octanol–water partition coefficient (Wildman–Crippen LogP) is 5.04. The van der Waals surface area contributed by atoms with Gasteiger partial charge in [0.05, 0.1) is 6.04 Å². The Kier molecular flexibility index (Phi) is 7.06. The number of nitrogens with one attached hydrogen (secondary N) is 3. The van der Waals surface area contributed by atoms with Crippen molar-refractivity contribution in [2.45, 2.75) is 39.3 Å². The van der Waals surface area contributed by atoms with Gasteiger partial charge in [-0.2, -0.15) is 0 Å². The molecule has 1 aromatic heterocycles. The van der Waals surface area contributed by atoms with Crippen molar-refractivity contribution in [2.75, 3.05) is 0 Å². The molecule has 1 heterocycles. The molecule has 0 saturated heterocycles. The van der Waals surface area contributed by atoms with Crippen LogP contribution in [-0.4, -0.2) is 22.8 Å². The van der Waals surface area contributed by atoms with E-state index in [2.05, 4.69) is 15.6 Å². The second-order valence-corrected chi connectivity index (χ2v) is 8.52. The molecule has 2 unspecified atom stereocenters. The largest absolute Gasteiger partial charge is 0.361 e. The molecule has 0 aliphatic rings. The molecule has 2 aromatic carbocycles. The zero-order chi connectivity index (χ0) is 21.8. The first-order chi connectivity index (χ1) is 14.3. The molecular weight excluding hydrogens is 421 g/mol. The molecule has 158 valence electrons. The molecule has 0 radical (unpaired) electrons. The average molecular weight is 446 g/mol. The molecule has 2 atom stereocenters. The summed E-state index contributed by atoms with van der Waals surface area (Å²) < 4.78 is 0. The number of carbonyl (C=O) groups is 2. The fourth-order valence-electron chi connectivity index (χ4n) is 3.31. The fraction of sp³-hybridized carbons (Fsp3) is 0.304. The van der Waals surface area contributed by atoms with E-state index in [1.54, 1.807) is 32.0 Å². The molecule has 0 aliphatic heterocycles. The van der Waals surface area contributed by atoms with E-state index in [1.807, 2.05) is 37.4 Å². The minimum absolute atomic E-state index is 0.174. The number of hydrogen-bond donors (Lipinski definition) is 3. The van der Waals surface area contributed by atoms with E-state index in [1.165, 1.54) is 0 Å². The van der Waals surface area contributed by atoms with Crippen molar-refractivity contribution in [3.05, 3.63) is 69.8 Å². The lowest BCUT2D eigenvalue weighted by Crippen LogP contribution is -2.49. The van der Waals surface area contributed by atoms with E-state index in [9.17, 15) is 9.59 Å². The fourth-order valence-corrected chi connectivity index (χ4v) is 3.88. The molecule has 3 rings (SSSR count). The lowest BCUT2D eigenvalue weighted by Gasteiger charge is -2.23. The summed E-state index contributed by atoms with van der Waals surface area (Å²) in [5.74, 6) is -0.675. The summed E-state index contributed by atoms with van der Waals surface area (Å²) >= 11 is 12.3. The maximum atomic E-state index is 13.1. The third kappa shape index (κ3) is 5.15. The average Bonchev–Trinajstić information content (AvgIpc) is 3.10. The van der Waals surface area contributed by atoms with Gasteiger partial charge in [-0.15, -0.1) is 0 Å². The third-order valence-corrected chi connectivity index (χ3v) is 5.61. The quantitative estimate of drug-likeness (QED) is 0.476. The van der Waals surface area contributed by atoms with Crippen LogP contribution in [0.5, 0.6) is 0 Å².